The molecule has 3 nitrogen and oxygen atoms in total. The molecule has 1 amide bonds. The van der Waals surface area contributed by atoms with E-state index in [1.165, 1.54) is 12.1 Å². The van der Waals surface area contributed by atoms with Crippen LogP contribution in [0.1, 0.15) is 11.1 Å². The molecule has 0 atom stereocenters. The number of nitrogens with one attached hydrogen (secondary N) is 2. The van der Waals surface area contributed by atoms with Crippen LogP contribution in [0, 0.1) is 0 Å². The number of rotatable bonds is 5. The van der Waals surface area contributed by atoms with Gasteiger partial charge in [0.2, 0.25) is 5.91 Å². The minimum absolute atomic E-state index is 0.116. The highest BCUT2D eigenvalue weighted by Gasteiger charge is 2.30. The number of alkyl halides is 3. The van der Waals surface area contributed by atoms with Crippen molar-refractivity contribution in [2.75, 3.05) is 11.9 Å². The molecule has 122 valence electrons. The second-order valence-electron chi connectivity index (χ2n) is 4.84. The van der Waals surface area contributed by atoms with E-state index < -0.39 is 11.7 Å². The zero-order chi connectivity index (χ0) is 16.9. The summed E-state index contributed by atoms with van der Waals surface area (Å²) < 4.78 is 37.8. The van der Waals surface area contributed by atoms with Crippen molar-refractivity contribution in [3.05, 3.63) is 64.7 Å². The van der Waals surface area contributed by atoms with Gasteiger partial charge in [-0.15, -0.1) is 0 Å². The molecule has 0 saturated carbocycles. The van der Waals surface area contributed by atoms with Gasteiger partial charge in [-0.05, 0) is 35.9 Å². The molecule has 0 unspecified atom stereocenters. The standard InChI is InChI=1S/C16H14ClF3N2O/c17-13-6-4-11(5-7-13)9-22-15(23)10-21-14-3-1-2-12(8-14)16(18,19)20/h1-8,21H,9-10H2,(H,22,23). The molecule has 2 aromatic carbocycles. The summed E-state index contributed by atoms with van der Waals surface area (Å²) in [6, 6.07) is 11.7. The van der Waals surface area contributed by atoms with E-state index in [2.05, 4.69) is 10.6 Å². The van der Waals surface area contributed by atoms with Gasteiger partial charge in [-0.25, -0.2) is 0 Å². The maximum atomic E-state index is 12.6. The summed E-state index contributed by atoms with van der Waals surface area (Å²) in [5.41, 5.74) is 0.354. The van der Waals surface area contributed by atoms with Crippen molar-refractivity contribution < 1.29 is 18.0 Å². The Morgan fingerprint density at radius 3 is 2.43 bits per heavy atom. The van der Waals surface area contributed by atoms with Crippen LogP contribution in [0.2, 0.25) is 5.02 Å². The largest absolute Gasteiger partial charge is 0.416 e. The van der Waals surface area contributed by atoms with Crippen molar-refractivity contribution in [2.45, 2.75) is 12.7 Å². The molecule has 0 aromatic heterocycles. The van der Waals surface area contributed by atoms with Gasteiger partial charge in [-0.1, -0.05) is 29.8 Å². The van der Waals surface area contributed by atoms with Crippen LogP contribution in [0.4, 0.5) is 18.9 Å². The van der Waals surface area contributed by atoms with Crippen LogP contribution in [-0.2, 0) is 17.5 Å². The molecule has 0 radical (unpaired) electrons. The highest BCUT2D eigenvalue weighted by atomic mass is 35.5. The van der Waals surface area contributed by atoms with Crippen molar-refractivity contribution in [1.82, 2.24) is 5.32 Å². The Morgan fingerprint density at radius 1 is 1.09 bits per heavy atom. The second-order valence-corrected chi connectivity index (χ2v) is 5.27. The molecule has 0 aliphatic carbocycles. The van der Waals surface area contributed by atoms with Crippen LogP contribution in [0.25, 0.3) is 0 Å². The van der Waals surface area contributed by atoms with Crippen LogP contribution < -0.4 is 10.6 Å². The summed E-state index contributed by atoms with van der Waals surface area (Å²) in [5, 5.41) is 5.94. The third kappa shape index (κ3) is 5.49. The van der Waals surface area contributed by atoms with Crippen molar-refractivity contribution in [1.29, 1.82) is 0 Å². The first-order valence-electron chi connectivity index (χ1n) is 6.77. The monoisotopic (exact) mass is 342 g/mol. The summed E-state index contributed by atoms with van der Waals surface area (Å²) in [6.07, 6.45) is -4.41. The van der Waals surface area contributed by atoms with Crippen molar-refractivity contribution >= 4 is 23.2 Å². The maximum Gasteiger partial charge on any atom is 0.416 e. The van der Waals surface area contributed by atoms with Gasteiger partial charge >= 0.3 is 6.18 Å². The smallest absolute Gasteiger partial charge is 0.376 e. The predicted octanol–water partition coefficient (Wildman–Crippen LogP) is 4.09. The van der Waals surface area contributed by atoms with E-state index in [0.29, 0.717) is 11.6 Å². The molecule has 2 rings (SSSR count). The fourth-order valence-corrected chi connectivity index (χ4v) is 1.98. The lowest BCUT2D eigenvalue weighted by Gasteiger charge is -2.11. The van der Waals surface area contributed by atoms with Crippen LogP contribution in [0.15, 0.2) is 48.5 Å². The van der Waals surface area contributed by atoms with Crippen molar-refractivity contribution in [3.63, 3.8) is 0 Å². The van der Waals surface area contributed by atoms with Crippen LogP contribution >= 0.6 is 11.6 Å². The number of carbonyl (C=O) groups is 1. The van der Waals surface area contributed by atoms with Crippen LogP contribution in [-0.4, -0.2) is 12.5 Å². The van der Waals surface area contributed by atoms with E-state index in [1.54, 1.807) is 24.3 Å². The highest BCUT2D eigenvalue weighted by Crippen LogP contribution is 2.30. The third-order valence-electron chi connectivity index (χ3n) is 3.05. The zero-order valence-corrected chi connectivity index (χ0v) is 12.7. The predicted molar refractivity (Wildman–Crippen MR) is 83.2 cm³/mol. The van der Waals surface area contributed by atoms with Gasteiger partial charge in [0.1, 0.15) is 0 Å². The van der Waals surface area contributed by atoms with E-state index in [-0.39, 0.29) is 18.1 Å². The molecule has 0 aliphatic rings. The highest BCUT2D eigenvalue weighted by molar-refractivity contribution is 6.30. The van der Waals surface area contributed by atoms with E-state index in [0.717, 1.165) is 17.7 Å². The Balaban J connectivity index is 1.83. The summed E-state index contributed by atoms with van der Waals surface area (Å²) in [5.74, 6) is -0.322. The molecule has 2 aromatic rings. The number of amides is 1. The number of anilines is 1. The van der Waals surface area contributed by atoms with E-state index >= 15 is 0 Å². The molecule has 7 heteroatoms. The quantitative estimate of drug-likeness (QED) is 0.859. The summed E-state index contributed by atoms with van der Waals surface area (Å²) in [4.78, 5) is 11.7. The molecule has 2 N–H and O–H groups in total. The summed E-state index contributed by atoms with van der Waals surface area (Å²) >= 11 is 5.76. The van der Waals surface area contributed by atoms with Gasteiger partial charge in [0.25, 0.3) is 0 Å². The van der Waals surface area contributed by atoms with E-state index in [4.69, 9.17) is 11.6 Å². The zero-order valence-electron chi connectivity index (χ0n) is 12.0. The number of hydrogen-bond acceptors (Lipinski definition) is 2. The average Bonchev–Trinajstić information content (AvgIpc) is 2.52. The molecule has 0 fully saturated rings. The Hall–Kier alpha value is -2.21. The Morgan fingerprint density at radius 2 is 1.78 bits per heavy atom. The van der Waals surface area contributed by atoms with Crippen LogP contribution in [0.5, 0.6) is 0 Å². The van der Waals surface area contributed by atoms with Gasteiger partial charge in [-0.2, -0.15) is 13.2 Å². The molecule has 0 aliphatic heterocycles. The van der Waals surface area contributed by atoms with Gasteiger partial charge in [0.05, 0.1) is 12.1 Å². The Labute approximate surface area is 136 Å². The van der Waals surface area contributed by atoms with Crippen molar-refractivity contribution in [3.8, 4) is 0 Å². The molecule has 0 saturated heterocycles. The molecule has 23 heavy (non-hydrogen) atoms. The van der Waals surface area contributed by atoms with Gasteiger partial charge in [0, 0.05) is 17.3 Å². The number of halogens is 4. The average molecular weight is 343 g/mol. The molecule has 0 bridgehead atoms. The van der Waals surface area contributed by atoms with E-state index in [9.17, 15) is 18.0 Å². The molecule has 0 heterocycles. The lowest BCUT2D eigenvalue weighted by atomic mass is 10.2. The minimum atomic E-state index is -4.41. The molecular formula is C16H14ClF3N2O. The fourth-order valence-electron chi connectivity index (χ4n) is 1.85. The van der Waals surface area contributed by atoms with Crippen LogP contribution in [0.3, 0.4) is 0 Å². The minimum Gasteiger partial charge on any atom is -0.376 e. The van der Waals surface area contributed by atoms with Gasteiger partial charge in [-0.3, -0.25) is 4.79 Å². The Bertz CT molecular complexity index is 672. The lowest BCUT2D eigenvalue weighted by molar-refractivity contribution is -0.137. The first-order chi connectivity index (χ1) is 10.8. The SMILES string of the molecule is O=C(CNc1cccc(C(F)(F)F)c1)NCc1ccc(Cl)cc1. The third-order valence-corrected chi connectivity index (χ3v) is 3.30. The first kappa shape index (κ1) is 17.1. The number of benzene rings is 2. The van der Waals surface area contributed by atoms with E-state index in [1.807, 2.05) is 0 Å². The summed E-state index contributed by atoms with van der Waals surface area (Å²) in [6.45, 7) is 0.204. The fraction of sp³-hybridized carbons (Fsp3) is 0.188. The number of carbonyl (C=O) groups excluding carboxylic acids is 1. The molecule has 0 spiro atoms. The second kappa shape index (κ2) is 7.37. The normalized spacial score (nSPS) is 11.1. The molecular weight excluding hydrogens is 329 g/mol. The van der Waals surface area contributed by atoms with Gasteiger partial charge < -0.3 is 10.6 Å². The first-order valence-corrected chi connectivity index (χ1v) is 7.14. The number of hydrogen-bond donors (Lipinski definition) is 2. The summed E-state index contributed by atoms with van der Waals surface area (Å²) in [7, 11) is 0. The maximum absolute atomic E-state index is 12.6. The topological polar surface area (TPSA) is 41.1 Å². The van der Waals surface area contributed by atoms with Gasteiger partial charge in [0.15, 0.2) is 0 Å². The Kier molecular flexibility index (Phi) is 5.50. The lowest BCUT2D eigenvalue weighted by Crippen LogP contribution is -2.29. The van der Waals surface area contributed by atoms with Crippen molar-refractivity contribution in [2.24, 2.45) is 0 Å².